The van der Waals surface area contributed by atoms with E-state index < -0.39 is 35.6 Å². The van der Waals surface area contributed by atoms with Crippen molar-refractivity contribution in [2.24, 2.45) is 5.92 Å². The zero-order valence-electron chi connectivity index (χ0n) is 16.2. The van der Waals surface area contributed by atoms with Gasteiger partial charge in [-0.2, -0.15) is 0 Å². The van der Waals surface area contributed by atoms with E-state index in [0.717, 1.165) is 30.4 Å². The van der Waals surface area contributed by atoms with E-state index in [4.69, 9.17) is 4.74 Å². The second-order valence-corrected chi connectivity index (χ2v) is 7.98. The molecule has 6 nitrogen and oxygen atoms in total. The third kappa shape index (κ3) is 3.60. The van der Waals surface area contributed by atoms with E-state index in [1.807, 2.05) is 6.07 Å². The van der Waals surface area contributed by atoms with Crippen LogP contribution in [0.4, 0.5) is 0 Å². The van der Waals surface area contributed by atoms with E-state index in [0.29, 0.717) is 18.5 Å². The summed E-state index contributed by atoms with van der Waals surface area (Å²) in [6.45, 7) is 5.47. The topological polar surface area (TPSA) is 99.9 Å². The number of fused-ring (bicyclic) bond motifs is 3. The number of pyridine rings is 1. The molecule has 0 amide bonds. The minimum absolute atomic E-state index is 0.0224. The van der Waals surface area contributed by atoms with Crippen LogP contribution in [-0.4, -0.2) is 44.1 Å². The number of rotatable bonds is 7. The van der Waals surface area contributed by atoms with Gasteiger partial charge in [0.1, 0.15) is 5.76 Å². The lowest BCUT2D eigenvalue weighted by Crippen LogP contribution is -2.39. The second kappa shape index (κ2) is 7.60. The Morgan fingerprint density at radius 1 is 1.33 bits per heavy atom. The van der Waals surface area contributed by atoms with Gasteiger partial charge in [-0.1, -0.05) is 26.2 Å². The van der Waals surface area contributed by atoms with Crippen molar-refractivity contribution < 1.29 is 24.9 Å². The van der Waals surface area contributed by atoms with Crippen LogP contribution in [0.2, 0.25) is 0 Å². The van der Waals surface area contributed by atoms with Gasteiger partial charge in [-0.3, -0.25) is 9.78 Å². The smallest absolute Gasteiger partial charge is 0.313 e. The molecule has 1 aromatic rings. The standard InChI is InChI=1S/C21H29NO5/c1-4-5-6-7-16(24)18-19-15-11-22-14(8-12(2)23)9-13(15)10-17(25)21(19,3)27-20(18)26/h9-12,16,18-19,23-25H,4-8H2,1-3H3. The normalized spacial score (nSPS) is 28.8. The SMILES string of the molecule is CCCCCC(O)C1C(=O)OC2(C)C(O)=Cc3cc(CC(C)O)ncc3C12. The average Bonchev–Trinajstić information content (AvgIpc) is 2.86. The molecule has 1 saturated heterocycles. The van der Waals surface area contributed by atoms with Crippen LogP contribution in [0, 0.1) is 5.92 Å². The monoisotopic (exact) mass is 375 g/mol. The molecule has 0 bridgehead atoms. The Labute approximate surface area is 159 Å². The number of carbonyl (C=O) groups excluding carboxylic acids is 1. The van der Waals surface area contributed by atoms with Gasteiger partial charge in [0.2, 0.25) is 0 Å². The van der Waals surface area contributed by atoms with Crippen LogP contribution in [0.15, 0.2) is 18.0 Å². The molecule has 2 heterocycles. The highest BCUT2D eigenvalue weighted by atomic mass is 16.6. The Hall–Kier alpha value is -1.92. The van der Waals surface area contributed by atoms with Gasteiger partial charge in [-0.15, -0.1) is 0 Å². The van der Waals surface area contributed by atoms with Gasteiger partial charge in [0.05, 0.1) is 18.1 Å². The van der Waals surface area contributed by atoms with Crippen molar-refractivity contribution in [3.05, 3.63) is 34.8 Å². The maximum atomic E-state index is 12.6. The van der Waals surface area contributed by atoms with Gasteiger partial charge in [0.15, 0.2) is 5.60 Å². The summed E-state index contributed by atoms with van der Waals surface area (Å²) in [4.78, 5) is 17.0. The molecule has 1 fully saturated rings. The van der Waals surface area contributed by atoms with Crippen molar-refractivity contribution in [1.82, 2.24) is 4.98 Å². The van der Waals surface area contributed by atoms with Crippen LogP contribution < -0.4 is 0 Å². The van der Waals surface area contributed by atoms with E-state index >= 15 is 0 Å². The molecule has 1 aromatic heterocycles. The zero-order valence-corrected chi connectivity index (χ0v) is 16.2. The molecule has 5 unspecified atom stereocenters. The zero-order chi connectivity index (χ0) is 19.8. The maximum absolute atomic E-state index is 12.6. The van der Waals surface area contributed by atoms with Crippen molar-refractivity contribution in [2.45, 2.75) is 76.6 Å². The summed E-state index contributed by atoms with van der Waals surface area (Å²) >= 11 is 0. The fourth-order valence-electron chi connectivity index (χ4n) is 4.30. The van der Waals surface area contributed by atoms with Crippen LogP contribution in [0.5, 0.6) is 0 Å². The minimum Gasteiger partial charge on any atom is -0.508 e. The number of hydrogen-bond donors (Lipinski definition) is 3. The Bertz CT molecular complexity index is 744. The number of nitrogens with zero attached hydrogens (tertiary/aromatic N) is 1. The number of hydrogen-bond acceptors (Lipinski definition) is 6. The third-order valence-electron chi connectivity index (χ3n) is 5.72. The molecule has 1 aliphatic carbocycles. The van der Waals surface area contributed by atoms with Crippen molar-refractivity contribution in [3.63, 3.8) is 0 Å². The fraction of sp³-hybridized carbons (Fsp3) is 0.619. The first kappa shape index (κ1) is 19.8. The van der Waals surface area contributed by atoms with E-state index in [9.17, 15) is 20.1 Å². The highest BCUT2D eigenvalue weighted by Crippen LogP contribution is 2.53. The molecule has 2 aliphatic rings. The van der Waals surface area contributed by atoms with E-state index in [1.54, 1.807) is 26.1 Å². The Morgan fingerprint density at radius 2 is 2.07 bits per heavy atom. The van der Waals surface area contributed by atoms with E-state index in [2.05, 4.69) is 11.9 Å². The molecule has 5 atom stereocenters. The molecule has 0 saturated carbocycles. The first-order valence-electron chi connectivity index (χ1n) is 9.76. The number of aliphatic hydroxyl groups excluding tert-OH is 3. The molecule has 0 spiro atoms. The number of aromatic nitrogens is 1. The van der Waals surface area contributed by atoms with Gasteiger partial charge in [-0.05, 0) is 43.5 Å². The lowest BCUT2D eigenvalue weighted by molar-refractivity contribution is -0.151. The van der Waals surface area contributed by atoms with Gasteiger partial charge in [0, 0.05) is 24.2 Å². The van der Waals surface area contributed by atoms with Gasteiger partial charge in [-0.25, -0.2) is 0 Å². The molecule has 148 valence electrons. The maximum Gasteiger partial charge on any atom is 0.313 e. The average molecular weight is 375 g/mol. The van der Waals surface area contributed by atoms with Crippen molar-refractivity contribution in [2.75, 3.05) is 0 Å². The largest absolute Gasteiger partial charge is 0.508 e. The molecule has 0 aromatic carbocycles. The van der Waals surface area contributed by atoms with E-state index in [1.165, 1.54) is 0 Å². The van der Waals surface area contributed by atoms with Crippen LogP contribution in [0.1, 0.15) is 69.2 Å². The molecule has 1 aliphatic heterocycles. The summed E-state index contributed by atoms with van der Waals surface area (Å²) in [5.41, 5.74) is 1.06. The Balaban J connectivity index is 1.97. The highest BCUT2D eigenvalue weighted by Gasteiger charge is 2.59. The molecule has 6 heteroatoms. The summed E-state index contributed by atoms with van der Waals surface area (Å²) in [5, 5.41) is 31.0. The number of ether oxygens (including phenoxy) is 1. The van der Waals surface area contributed by atoms with Crippen LogP contribution in [-0.2, 0) is 16.0 Å². The molecule has 3 rings (SSSR count). The lowest BCUT2D eigenvalue weighted by Gasteiger charge is -2.35. The third-order valence-corrected chi connectivity index (χ3v) is 5.72. The summed E-state index contributed by atoms with van der Waals surface area (Å²) in [7, 11) is 0. The predicted octanol–water partition coefficient (Wildman–Crippen LogP) is 2.87. The Morgan fingerprint density at radius 3 is 2.74 bits per heavy atom. The highest BCUT2D eigenvalue weighted by molar-refractivity contribution is 5.81. The fourth-order valence-corrected chi connectivity index (χ4v) is 4.30. The molecule has 0 radical (unpaired) electrons. The quantitative estimate of drug-likeness (QED) is 0.501. The number of esters is 1. The summed E-state index contributed by atoms with van der Waals surface area (Å²) in [6, 6.07) is 1.82. The van der Waals surface area contributed by atoms with Crippen molar-refractivity contribution in [3.8, 4) is 0 Å². The molecule has 27 heavy (non-hydrogen) atoms. The van der Waals surface area contributed by atoms with Crippen LogP contribution in [0.3, 0.4) is 0 Å². The van der Waals surface area contributed by atoms with Crippen LogP contribution >= 0.6 is 0 Å². The van der Waals surface area contributed by atoms with Crippen molar-refractivity contribution in [1.29, 1.82) is 0 Å². The first-order chi connectivity index (χ1) is 12.8. The van der Waals surface area contributed by atoms with Gasteiger partial charge in [0.25, 0.3) is 0 Å². The second-order valence-electron chi connectivity index (χ2n) is 7.98. The molecule has 3 N–H and O–H groups in total. The summed E-state index contributed by atoms with van der Waals surface area (Å²) in [5.74, 6) is -1.72. The number of aliphatic hydroxyl groups is 3. The lowest BCUT2D eigenvalue weighted by atomic mass is 9.69. The molecular formula is C21H29NO5. The van der Waals surface area contributed by atoms with Gasteiger partial charge >= 0.3 is 5.97 Å². The summed E-state index contributed by atoms with van der Waals surface area (Å²) < 4.78 is 5.57. The number of carbonyl (C=O) groups is 1. The predicted molar refractivity (Wildman–Crippen MR) is 101 cm³/mol. The van der Waals surface area contributed by atoms with Crippen molar-refractivity contribution >= 4 is 12.0 Å². The number of unbranched alkanes of at least 4 members (excludes halogenated alkanes) is 2. The minimum atomic E-state index is -1.19. The first-order valence-corrected chi connectivity index (χ1v) is 9.76. The molecular weight excluding hydrogens is 346 g/mol. The van der Waals surface area contributed by atoms with Crippen LogP contribution in [0.25, 0.3) is 6.08 Å². The Kier molecular flexibility index (Phi) is 5.58. The van der Waals surface area contributed by atoms with Gasteiger partial charge < -0.3 is 20.1 Å². The summed E-state index contributed by atoms with van der Waals surface area (Å²) in [6.07, 6.45) is 5.72. The van der Waals surface area contributed by atoms with E-state index in [-0.39, 0.29) is 5.76 Å².